The number of phosphoric acid groups is 2. The van der Waals surface area contributed by atoms with E-state index in [2.05, 4.69) is 19.2 Å². The van der Waals surface area contributed by atoms with Crippen molar-refractivity contribution in [1.82, 2.24) is 5.32 Å². The van der Waals surface area contributed by atoms with E-state index >= 15 is 0 Å². The van der Waals surface area contributed by atoms with Crippen LogP contribution in [0.5, 0.6) is 0 Å². The van der Waals surface area contributed by atoms with Crippen molar-refractivity contribution >= 4 is 21.6 Å². The number of carbonyl (C=O) groups excluding carboxylic acids is 1. The van der Waals surface area contributed by atoms with Crippen LogP contribution in [0.2, 0.25) is 0 Å². The molecular formula is C62H121NO26P2. The molecule has 1 amide bonds. The summed E-state index contributed by atoms with van der Waals surface area (Å²) in [6, 6.07) is -1.69. The van der Waals surface area contributed by atoms with Crippen molar-refractivity contribution in [3.05, 3.63) is 0 Å². The summed E-state index contributed by atoms with van der Waals surface area (Å²) < 4.78 is 57.8. The molecule has 0 aromatic carbocycles. The van der Waals surface area contributed by atoms with Gasteiger partial charge in [-0.2, -0.15) is 0 Å². The molecule has 540 valence electrons. The largest absolute Gasteiger partial charge is 0.472 e. The monoisotopic (exact) mass is 1360 g/mol. The van der Waals surface area contributed by atoms with E-state index in [9.17, 15) is 100 Å². The smallest absolute Gasteiger partial charge is 0.390 e. The van der Waals surface area contributed by atoms with E-state index in [4.69, 9.17) is 27.6 Å². The fourth-order valence-corrected chi connectivity index (χ4v) is 13.9. The molecular weight excluding hydrogens is 1240 g/mol. The molecule has 3 aliphatic rings. The molecule has 1 aliphatic heterocycles. The van der Waals surface area contributed by atoms with Crippen molar-refractivity contribution in [2.45, 2.75) is 373 Å². The van der Waals surface area contributed by atoms with Crippen LogP contribution in [0.15, 0.2) is 0 Å². The summed E-state index contributed by atoms with van der Waals surface area (Å²) in [6.07, 6.45) is -4.66. The average Bonchev–Trinajstić information content (AvgIpc) is 0.838. The minimum Gasteiger partial charge on any atom is -0.390 e. The topological polar surface area (TPSA) is 463 Å². The minimum absolute atomic E-state index is 0.0371. The summed E-state index contributed by atoms with van der Waals surface area (Å²) >= 11 is 0. The van der Waals surface area contributed by atoms with E-state index < -0.39 is 163 Å². The second-order valence-electron chi connectivity index (χ2n) is 25.8. The Morgan fingerprint density at radius 3 is 1.13 bits per heavy atom. The molecule has 0 bridgehead atoms. The molecule has 0 spiro atoms. The maximum absolute atomic E-state index is 13.8. The molecule has 1 saturated heterocycles. The predicted octanol–water partition coefficient (Wildman–Crippen LogP) is 4.11. The zero-order valence-electron chi connectivity index (χ0n) is 54.2. The number of unbranched alkanes of at least 4 members (excludes halogenated alkanes) is 32. The number of hydrogen-bond acceptors (Lipinski definition) is 24. The second kappa shape index (κ2) is 46.3. The van der Waals surface area contributed by atoms with Crippen molar-refractivity contribution in [2.75, 3.05) is 13.2 Å². The summed E-state index contributed by atoms with van der Waals surface area (Å²) in [6.45, 7) is 2.06. The number of nitrogens with one attached hydrogen (secondary N) is 1. The predicted molar refractivity (Wildman–Crippen MR) is 334 cm³/mol. The molecule has 91 heavy (non-hydrogen) atoms. The number of amides is 1. The normalized spacial score (nSPS) is 31.6. The zero-order valence-corrected chi connectivity index (χ0v) is 56.0. The van der Waals surface area contributed by atoms with Gasteiger partial charge in [-0.25, -0.2) is 9.13 Å². The maximum atomic E-state index is 13.8. The lowest BCUT2D eigenvalue weighted by Gasteiger charge is -2.47. The molecule has 0 radical (unpaired) electrons. The highest BCUT2D eigenvalue weighted by Crippen LogP contribution is 2.49. The molecule has 2 saturated carbocycles. The van der Waals surface area contributed by atoms with Crippen molar-refractivity contribution < 1.29 is 128 Å². The second-order valence-corrected chi connectivity index (χ2v) is 28.6. The number of phosphoric ester groups is 2. The van der Waals surface area contributed by atoms with Crippen LogP contribution in [-0.4, -0.2) is 234 Å². The standard InChI is InChI=1S/C62H121NO26P2/c1-3-5-7-9-11-13-15-17-18-19-20-21-22-23-24-25-26-28-30-32-34-36-38-43(65)61(79)63-41(45(66)42(64)37-35-33-31-29-27-16-14-12-10-8-6-4-2)39-84-90(80,81)89-60-56(77)52(73)51(72)55(76)59(60)87-62-57(78)47(68)46(67)44(86-62)40-85-91(82,83)88-58-53(74)49(70)48(69)50(71)54(58)75/h41-60,62,64-78H,3-40H2,1-2H3,(H,63,79)(H,80,81)(H,82,83)/t41-,42+,43?,44+,45-,46+,47?,48?,49+,50?,51?,52?,53?,54?,55+,56?,57?,58?,59?,60-,62+/m0/s1. The lowest BCUT2D eigenvalue weighted by atomic mass is 9.84. The Kier molecular flexibility index (Phi) is 42.9. The third-order valence-corrected chi connectivity index (χ3v) is 20.0. The van der Waals surface area contributed by atoms with E-state index in [1.807, 2.05) is 0 Å². The van der Waals surface area contributed by atoms with E-state index in [1.54, 1.807) is 0 Å². The molecule has 3 rings (SSSR count). The molecule has 0 aromatic rings. The Labute approximate surface area is 539 Å². The van der Waals surface area contributed by atoms with Gasteiger partial charge >= 0.3 is 15.6 Å². The minimum atomic E-state index is -5.69. The van der Waals surface area contributed by atoms with Gasteiger partial charge in [-0.1, -0.05) is 232 Å². The Balaban J connectivity index is 1.59. The summed E-state index contributed by atoms with van der Waals surface area (Å²) in [5, 5.41) is 162. The van der Waals surface area contributed by atoms with Gasteiger partial charge in [0.05, 0.1) is 25.4 Å². The first-order valence-corrected chi connectivity index (χ1v) is 37.4. The first-order valence-electron chi connectivity index (χ1n) is 34.4. The molecule has 23 atom stereocenters. The highest BCUT2D eigenvalue weighted by atomic mass is 31.2. The van der Waals surface area contributed by atoms with Crippen LogP contribution in [-0.2, 0) is 41.5 Å². The van der Waals surface area contributed by atoms with Crippen molar-refractivity contribution in [3.63, 3.8) is 0 Å². The van der Waals surface area contributed by atoms with Crippen LogP contribution >= 0.6 is 15.6 Å². The lowest BCUT2D eigenvalue weighted by Crippen LogP contribution is -2.67. The summed E-state index contributed by atoms with van der Waals surface area (Å²) in [7, 11) is -11.2. The van der Waals surface area contributed by atoms with Gasteiger partial charge in [-0.15, -0.1) is 0 Å². The van der Waals surface area contributed by atoms with Gasteiger partial charge in [0.25, 0.3) is 0 Å². The van der Waals surface area contributed by atoms with Crippen LogP contribution in [0, 0.1) is 0 Å². The molecule has 27 nitrogen and oxygen atoms in total. The van der Waals surface area contributed by atoms with Gasteiger partial charge in [0.15, 0.2) is 6.29 Å². The van der Waals surface area contributed by atoms with E-state index in [-0.39, 0.29) is 12.8 Å². The Hall–Kier alpha value is -0.990. The van der Waals surface area contributed by atoms with Gasteiger partial charge in [0.2, 0.25) is 5.91 Å². The lowest BCUT2D eigenvalue weighted by molar-refractivity contribution is -0.337. The molecule has 2 aliphatic carbocycles. The fraction of sp³-hybridized carbons (Fsp3) is 0.984. The highest BCUT2D eigenvalue weighted by Gasteiger charge is 2.56. The molecule has 3 fully saturated rings. The van der Waals surface area contributed by atoms with Crippen LogP contribution in [0.25, 0.3) is 0 Å². The quantitative estimate of drug-likeness (QED) is 0.0301. The van der Waals surface area contributed by atoms with Gasteiger partial charge in [-0.3, -0.25) is 22.9 Å². The first-order chi connectivity index (χ1) is 43.3. The van der Waals surface area contributed by atoms with Crippen LogP contribution in [0.3, 0.4) is 0 Å². The van der Waals surface area contributed by atoms with Crippen LogP contribution in [0.4, 0.5) is 0 Å². The molecule has 18 N–H and O–H groups in total. The van der Waals surface area contributed by atoms with Gasteiger partial charge in [0, 0.05) is 0 Å². The molecule has 1 heterocycles. The third-order valence-electron chi connectivity index (χ3n) is 18.0. The first kappa shape index (κ1) is 84.2. The van der Waals surface area contributed by atoms with E-state index in [0.717, 1.165) is 64.2 Å². The number of rotatable bonds is 52. The number of hydrogen-bond donors (Lipinski definition) is 18. The van der Waals surface area contributed by atoms with Gasteiger partial charge in [0.1, 0.15) is 110 Å². The van der Waals surface area contributed by atoms with Crippen molar-refractivity contribution in [1.29, 1.82) is 0 Å². The van der Waals surface area contributed by atoms with Gasteiger partial charge < -0.3 is 101 Å². The summed E-state index contributed by atoms with van der Waals surface area (Å²) in [5.41, 5.74) is 0. The number of ether oxygens (including phenoxy) is 2. The molecule has 29 heteroatoms. The number of carbonyl (C=O) groups is 1. The van der Waals surface area contributed by atoms with E-state index in [1.165, 1.54) is 135 Å². The number of aliphatic hydroxyl groups is 15. The van der Waals surface area contributed by atoms with Crippen LogP contribution < -0.4 is 5.32 Å². The zero-order chi connectivity index (χ0) is 67.5. The third kappa shape index (κ3) is 31.2. The van der Waals surface area contributed by atoms with Crippen molar-refractivity contribution in [2.24, 2.45) is 0 Å². The van der Waals surface area contributed by atoms with Gasteiger partial charge in [-0.05, 0) is 12.8 Å². The average molecular weight is 1360 g/mol. The summed E-state index contributed by atoms with van der Waals surface area (Å²) in [4.78, 5) is 35.1. The molecule has 14 unspecified atom stereocenters. The van der Waals surface area contributed by atoms with Crippen molar-refractivity contribution in [3.8, 4) is 0 Å². The Bertz CT molecular complexity index is 1960. The summed E-state index contributed by atoms with van der Waals surface area (Å²) in [5.74, 6) is -0.989. The SMILES string of the molecule is CCCCCCCCCCCCCCCCCCCCCCCCC(O)C(=O)N[C@@H](COP(=O)(O)O[C@H]1C(O)C(O)C(O)[C@@H](O)C1O[C@H]1O[C@H](COP(=O)(O)OC2C(O)C(O)C(O)[C@@H](O)C2O)[C@@H](O)C(O)C1O)[C@H](O)[C@H](O)CCCCCCCCCCCCCC. The Morgan fingerprint density at radius 1 is 0.407 bits per heavy atom. The van der Waals surface area contributed by atoms with Crippen LogP contribution in [0.1, 0.15) is 245 Å². The van der Waals surface area contributed by atoms with E-state index in [0.29, 0.717) is 19.3 Å². The fourth-order valence-electron chi connectivity index (χ4n) is 12.0. The number of aliphatic hydroxyl groups excluding tert-OH is 15. The Morgan fingerprint density at radius 2 is 0.725 bits per heavy atom. The maximum Gasteiger partial charge on any atom is 0.472 e. The highest BCUT2D eigenvalue weighted by molar-refractivity contribution is 7.47. The molecule has 0 aromatic heterocycles.